The van der Waals surface area contributed by atoms with Crippen LogP contribution in [0.3, 0.4) is 0 Å². The molecular weight excluding hydrogens is 142 g/mol. The molecule has 1 aromatic heterocycles. The minimum Gasteiger partial charge on any atom is -0.458 e. The summed E-state index contributed by atoms with van der Waals surface area (Å²) >= 11 is 0. The van der Waals surface area contributed by atoms with E-state index in [-0.39, 0.29) is 0 Å². The predicted octanol–water partition coefficient (Wildman–Crippen LogP) is 0.738. The van der Waals surface area contributed by atoms with Crippen molar-refractivity contribution < 1.29 is 9.21 Å². The Bertz CT molecular complexity index is 254. The molecule has 0 aromatic carbocycles. The molecule has 0 radical (unpaired) electrons. The average Bonchev–Trinajstić information content (AvgIpc) is 2.46. The number of carbonyl (C=O) groups excluding carboxylic acids is 1. The summed E-state index contributed by atoms with van der Waals surface area (Å²) in [5, 5.41) is 3.20. The molecule has 0 fully saturated rings. The molecule has 2 heterocycles. The Kier molecular flexibility index (Phi) is 1.51. The molecule has 0 unspecified atom stereocenters. The van der Waals surface area contributed by atoms with Crippen LogP contribution in [0.25, 0.3) is 0 Å². The minimum absolute atomic E-state index is 0.443. The van der Waals surface area contributed by atoms with E-state index in [2.05, 4.69) is 5.32 Å². The van der Waals surface area contributed by atoms with Crippen molar-refractivity contribution in [3.63, 3.8) is 0 Å². The smallest absolute Gasteiger partial charge is 0.185 e. The van der Waals surface area contributed by atoms with E-state index in [1.54, 1.807) is 6.07 Å². The first-order valence-corrected chi connectivity index (χ1v) is 3.67. The third kappa shape index (κ3) is 1.07. The molecule has 1 N–H and O–H groups in total. The lowest BCUT2D eigenvalue weighted by Crippen LogP contribution is -2.22. The Morgan fingerprint density at radius 2 is 2.55 bits per heavy atom. The molecule has 3 heteroatoms. The number of rotatable bonds is 1. The zero-order valence-electron chi connectivity index (χ0n) is 6.09. The minimum atomic E-state index is 0.443. The number of nitrogens with one attached hydrogen (secondary N) is 1. The van der Waals surface area contributed by atoms with Gasteiger partial charge in [0.15, 0.2) is 12.0 Å². The van der Waals surface area contributed by atoms with Gasteiger partial charge in [0, 0.05) is 25.1 Å². The number of hydrogen-bond acceptors (Lipinski definition) is 3. The van der Waals surface area contributed by atoms with Gasteiger partial charge in [0.25, 0.3) is 0 Å². The van der Waals surface area contributed by atoms with Crippen molar-refractivity contribution in [1.82, 2.24) is 5.32 Å². The first kappa shape index (κ1) is 6.61. The first-order valence-electron chi connectivity index (χ1n) is 3.67. The number of hydrogen-bond donors (Lipinski definition) is 1. The van der Waals surface area contributed by atoms with E-state index in [9.17, 15) is 4.79 Å². The molecular formula is C8H9NO2. The Hall–Kier alpha value is -1.09. The second-order valence-corrected chi connectivity index (χ2v) is 2.64. The van der Waals surface area contributed by atoms with Crippen molar-refractivity contribution in [1.29, 1.82) is 0 Å². The van der Waals surface area contributed by atoms with Crippen LogP contribution in [-0.4, -0.2) is 12.8 Å². The lowest BCUT2D eigenvalue weighted by atomic mass is 10.1. The maximum atomic E-state index is 10.3. The Morgan fingerprint density at radius 1 is 1.64 bits per heavy atom. The number of carbonyl (C=O) groups is 1. The zero-order chi connectivity index (χ0) is 7.68. The second-order valence-electron chi connectivity index (χ2n) is 2.64. The molecule has 1 aliphatic rings. The van der Waals surface area contributed by atoms with Crippen molar-refractivity contribution in [2.45, 2.75) is 13.0 Å². The number of aldehydes is 1. The highest BCUT2D eigenvalue weighted by atomic mass is 16.3. The lowest BCUT2D eigenvalue weighted by molar-refractivity contribution is 0.109. The Morgan fingerprint density at radius 3 is 3.27 bits per heavy atom. The average molecular weight is 151 g/mol. The molecule has 3 nitrogen and oxygen atoms in total. The lowest BCUT2D eigenvalue weighted by Gasteiger charge is -2.09. The molecule has 0 atom stereocenters. The van der Waals surface area contributed by atoms with E-state index in [1.807, 2.05) is 0 Å². The summed E-state index contributed by atoms with van der Waals surface area (Å²) < 4.78 is 5.25. The fourth-order valence-corrected chi connectivity index (χ4v) is 1.33. The van der Waals surface area contributed by atoms with Gasteiger partial charge < -0.3 is 9.73 Å². The molecule has 0 aliphatic carbocycles. The summed E-state index contributed by atoms with van der Waals surface area (Å²) in [5.74, 6) is 1.41. The summed E-state index contributed by atoms with van der Waals surface area (Å²) in [7, 11) is 0. The highest BCUT2D eigenvalue weighted by molar-refractivity contribution is 5.71. The predicted molar refractivity (Wildman–Crippen MR) is 39.5 cm³/mol. The maximum absolute atomic E-state index is 10.3. The molecule has 0 spiro atoms. The number of furan rings is 1. The largest absolute Gasteiger partial charge is 0.458 e. The molecule has 0 bridgehead atoms. The summed E-state index contributed by atoms with van der Waals surface area (Å²) in [5.41, 5.74) is 1.12. The molecule has 58 valence electrons. The van der Waals surface area contributed by atoms with Crippen molar-refractivity contribution >= 4 is 6.29 Å². The third-order valence-corrected chi connectivity index (χ3v) is 1.88. The van der Waals surface area contributed by atoms with Crippen LogP contribution in [0, 0.1) is 0 Å². The van der Waals surface area contributed by atoms with Gasteiger partial charge in [0.05, 0.1) is 0 Å². The van der Waals surface area contributed by atoms with Gasteiger partial charge in [-0.25, -0.2) is 0 Å². The third-order valence-electron chi connectivity index (χ3n) is 1.88. The molecule has 2 rings (SSSR count). The van der Waals surface area contributed by atoms with Crippen LogP contribution in [0.4, 0.5) is 0 Å². The SMILES string of the molecule is O=Cc1cc2c(o1)CCNC2. The van der Waals surface area contributed by atoms with Crippen LogP contribution in [0.1, 0.15) is 21.9 Å². The van der Waals surface area contributed by atoms with E-state index >= 15 is 0 Å². The van der Waals surface area contributed by atoms with Crippen molar-refractivity contribution in [3.8, 4) is 0 Å². The summed E-state index contributed by atoms with van der Waals surface area (Å²) in [6.07, 6.45) is 1.64. The van der Waals surface area contributed by atoms with Gasteiger partial charge in [-0.1, -0.05) is 0 Å². The molecule has 1 aromatic rings. The second kappa shape index (κ2) is 2.51. The highest BCUT2D eigenvalue weighted by Gasteiger charge is 2.13. The maximum Gasteiger partial charge on any atom is 0.185 e. The van der Waals surface area contributed by atoms with Gasteiger partial charge in [-0.2, -0.15) is 0 Å². The van der Waals surface area contributed by atoms with Gasteiger partial charge in [-0.3, -0.25) is 4.79 Å². The quantitative estimate of drug-likeness (QED) is 0.602. The van der Waals surface area contributed by atoms with Crippen LogP contribution >= 0.6 is 0 Å². The van der Waals surface area contributed by atoms with Crippen LogP contribution in [0.2, 0.25) is 0 Å². The standard InChI is InChI=1S/C8H9NO2/c10-5-7-3-6-4-9-2-1-8(6)11-7/h3,5,9H,1-2,4H2. The number of fused-ring (bicyclic) bond motifs is 1. The Balaban J connectivity index is 2.39. The Labute approximate surface area is 64.4 Å². The molecule has 0 saturated heterocycles. The van der Waals surface area contributed by atoms with Gasteiger partial charge >= 0.3 is 0 Å². The summed E-state index contributed by atoms with van der Waals surface area (Å²) in [6, 6.07) is 1.80. The van der Waals surface area contributed by atoms with Crippen LogP contribution < -0.4 is 5.32 Å². The van der Waals surface area contributed by atoms with E-state index in [1.165, 1.54) is 0 Å². The van der Waals surface area contributed by atoms with Gasteiger partial charge in [0.1, 0.15) is 5.76 Å². The van der Waals surface area contributed by atoms with Crippen molar-refractivity contribution in [3.05, 3.63) is 23.2 Å². The van der Waals surface area contributed by atoms with Gasteiger partial charge in [-0.15, -0.1) is 0 Å². The van der Waals surface area contributed by atoms with E-state index < -0.39 is 0 Å². The van der Waals surface area contributed by atoms with Crippen LogP contribution in [-0.2, 0) is 13.0 Å². The van der Waals surface area contributed by atoms with Crippen molar-refractivity contribution in [2.24, 2.45) is 0 Å². The van der Waals surface area contributed by atoms with Gasteiger partial charge in [-0.05, 0) is 6.07 Å². The molecule has 11 heavy (non-hydrogen) atoms. The molecule has 0 saturated carbocycles. The van der Waals surface area contributed by atoms with E-state index in [0.717, 1.165) is 37.1 Å². The summed E-state index contributed by atoms with van der Waals surface area (Å²) in [4.78, 5) is 10.3. The fraction of sp³-hybridized carbons (Fsp3) is 0.375. The van der Waals surface area contributed by atoms with E-state index in [0.29, 0.717) is 5.76 Å². The highest BCUT2D eigenvalue weighted by Crippen LogP contribution is 2.17. The normalized spacial score (nSPS) is 16.0. The molecule has 0 amide bonds. The van der Waals surface area contributed by atoms with E-state index in [4.69, 9.17) is 4.42 Å². The van der Waals surface area contributed by atoms with Crippen LogP contribution in [0.5, 0.6) is 0 Å². The summed E-state index contributed by atoms with van der Waals surface area (Å²) in [6.45, 7) is 1.77. The zero-order valence-corrected chi connectivity index (χ0v) is 6.09. The molecule has 1 aliphatic heterocycles. The topological polar surface area (TPSA) is 42.2 Å². The van der Waals surface area contributed by atoms with Gasteiger partial charge in [0.2, 0.25) is 0 Å². The first-order chi connectivity index (χ1) is 5.40. The van der Waals surface area contributed by atoms with Crippen molar-refractivity contribution in [2.75, 3.05) is 6.54 Å². The monoisotopic (exact) mass is 151 g/mol. The van der Waals surface area contributed by atoms with Crippen LogP contribution in [0.15, 0.2) is 10.5 Å². The fourth-order valence-electron chi connectivity index (χ4n) is 1.33.